The van der Waals surface area contributed by atoms with Crippen LogP contribution in [-0.4, -0.2) is 27.8 Å². The number of aryl methyl sites for hydroxylation is 3. The first-order valence-electron chi connectivity index (χ1n) is 6.43. The molecule has 0 atom stereocenters. The van der Waals surface area contributed by atoms with Crippen molar-refractivity contribution < 1.29 is 0 Å². The molecule has 8 heteroatoms. The van der Waals surface area contributed by atoms with Crippen molar-refractivity contribution >= 4 is 41.3 Å². The normalized spacial score (nSPS) is 11.1. The average molecular weight is 420 g/mol. The third-order valence-electron chi connectivity index (χ3n) is 2.92. The van der Waals surface area contributed by atoms with E-state index in [4.69, 9.17) is 0 Å². The molecular weight excluding hydrogens is 399 g/mol. The molecule has 116 valence electrons. The Morgan fingerprint density at radius 1 is 1.33 bits per heavy atom. The van der Waals surface area contributed by atoms with Gasteiger partial charge in [0.1, 0.15) is 5.01 Å². The van der Waals surface area contributed by atoms with Crippen molar-refractivity contribution in [2.75, 3.05) is 7.05 Å². The Kier molecular flexibility index (Phi) is 7.09. The Hall–Kier alpha value is -1.16. The van der Waals surface area contributed by atoms with Crippen molar-refractivity contribution in [3.8, 4) is 0 Å². The Labute approximate surface area is 146 Å². The topological polar surface area (TPSA) is 67.1 Å². The molecule has 21 heavy (non-hydrogen) atoms. The number of hydrogen-bond acceptors (Lipinski definition) is 4. The van der Waals surface area contributed by atoms with Crippen LogP contribution in [0.4, 0.5) is 0 Å². The fraction of sp³-hybridized carbons (Fsp3) is 0.462. The van der Waals surface area contributed by atoms with Gasteiger partial charge in [0.2, 0.25) is 0 Å². The lowest BCUT2D eigenvalue weighted by atomic mass is 10.4. The molecule has 2 aromatic rings. The molecule has 0 amide bonds. The third-order valence-corrected chi connectivity index (χ3v) is 3.99. The molecule has 2 aromatic heterocycles. The van der Waals surface area contributed by atoms with E-state index in [1.165, 1.54) is 4.88 Å². The van der Waals surface area contributed by atoms with Crippen LogP contribution in [-0.2, 0) is 20.1 Å². The summed E-state index contributed by atoms with van der Waals surface area (Å²) in [6, 6.07) is 0. The summed E-state index contributed by atoms with van der Waals surface area (Å²) >= 11 is 1.71. The second-order valence-corrected chi connectivity index (χ2v) is 5.84. The summed E-state index contributed by atoms with van der Waals surface area (Å²) in [5.41, 5.74) is 2.22. The zero-order valence-electron chi connectivity index (χ0n) is 12.7. The van der Waals surface area contributed by atoms with Gasteiger partial charge < -0.3 is 10.6 Å². The SMILES string of the molecule is CN=C(NCc1cnn(C)c1)NCc1nc(C)c(C)s1.I. The van der Waals surface area contributed by atoms with Crippen LogP contribution < -0.4 is 10.6 Å². The van der Waals surface area contributed by atoms with E-state index >= 15 is 0 Å². The van der Waals surface area contributed by atoms with Crippen LogP contribution in [0, 0.1) is 13.8 Å². The second kappa shape index (κ2) is 8.32. The molecule has 2 heterocycles. The summed E-state index contributed by atoms with van der Waals surface area (Å²) in [6.45, 7) is 5.51. The van der Waals surface area contributed by atoms with Gasteiger partial charge in [0, 0.05) is 37.3 Å². The molecule has 0 unspecified atom stereocenters. The number of guanidine groups is 1. The lowest BCUT2D eigenvalue weighted by molar-refractivity contribution is 0.764. The Balaban J connectivity index is 0.00000220. The Bertz CT molecular complexity index is 584. The molecule has 0 radical (unpaired) electrons. The van der Waals surface area contributed by atoms with Crippen molar-refractivity contribution in [2.45, 2.75) is 26.9 Å². The molecule has 0 aliphatic rings. The average Bonchev–Trinajstić information content (AvgIpc) is 2.97. The summed E-state index contributed by atoms with van der Waals surface area (Å²) in [7, 11) is 3.67. The van der Waals surface area contributed by atoms with Gasteiger partial charge in [-0.3, -0.25) is 9.67 Å². The maximum absolute atomic E-state index is 4.50. The van der Waals surface area contributed by atoms with Crippen molar-refractivity contribution in [1.29, 1.82) is 0 Å². The maximum atomic E-state index is 4.50. The highest BCUT2D eigenvalue weighted by Crippen LogP contribution is 2.15. The van der Waals surface area contributed by atoms with Crippen LogP contribution in [0.25, 0.3) is 0 Å². The summed E-state index contributed by atoms with van der Waals surface area (Å²) in [4.78, 5) is 9.96. The monoisotopic (exact) mass is 420 g/mol. The molecule has 0 fully saturated rings. The number of hydrogen-bond donors (Lipinski definition) is 2. The van der Waals surface area contributed by atoms with E-state index in [9.17, 15) is 0 Å². The number of thiazole rings is 1. The van der Waals surface area contributed by atoms with Gasteiger partial charge in [-0.2, -0.15) is 5.10 Å². The smallest absolute Gasteiger partial charge is 0.191 e. The molecule has 0 bridgehead atoms. The number of aliphatic imine (C=N–C) groups is 1. The first-order chi connectivity index (χ1) is 9.58. The highest BCUT2D eigenvalue weighted by atomic mass is 127. The highest BCUT2D eigenvalue weighted by molar-refractivity contribution is 14.0. The van der Waals surface area contributed by atoms with E-state index in [1.54, 1.807) is 23.1 Å². The van der Waals surface area contributed by atoms with Gasteiger partial charge in [0.15, 0.2) is 5.96 Å². The van der Waals surface area contributed by atoms with E-state index < -0.39 is 0 Å². The minimum Gasteiger partial charge on any atom is -0.352 e. The van der Waals surface area contributed by atoms with Gasteiger partial charge in [-0.05, 0) is 13.8 Å². The van der Waals surface area contributed by atoms with Crippen LogP contribution >= 0.6 is 35.3 Å². The number of nitrogens with one attached hydrogen (secondary N) is 2. The summed E-state index contributed by atoms with van der Waals surface area (Å²) < 4.78 is 1.79. The minimum absolute atomic E-state index is 0. The third kappa shape index (κ3) is 5.27. The lowest BCUT2D eigenvalue weighted by Gasteiger charge is -2.09. The zero-order valence-corrected chi connectivity index (χ0v) is 15.8. The van der Waals surface area contributed by atoms with Gasteiger partial charge in [0.05, 0.1) is 18.4 Å². The van der Waals surface area contributed by atoms with Gasteiger partial charge in [-0.15, -0.1) is 35.3 Å². The Morgan fingerprint density at radius 2 is 2.05 bits per heavy atom. The van der Waals surface area contributed by atoms with Gasteiger partial charge >= 0.3 is 0 Å². The predicted octanol–water partition coefficient (Wildman–Crippen LogP) is 1.98. The summed E-state index contributed by atoms with van der Waals surface area (Å²) in [5, 5.41) is 11.7. The van der Waals surface area contributed by atoms with Crippen LogP contribution in [0.5, 0.6) is 0 Å². The van der Waals surface area contributed by atoms with E-state index in [1.807, 2.05) is 26.4 Å². The maximum Gasteiger partial charge on any atom is 0.191 e. The molecular formula is C13H21IN6S. The van der Waals surface area contributed by atoms with Crippen LogP contribution in [0.3, 0.4) is 0 Å². The van der Waals surface area contributed by atoms with Gasteiger partial charge in [-0.1, -0.05) is 0 Å². The van der Waals surface area contributed by atoms with Gasteiger partial charge in [-0.25, -0.2) is 4.98 Å². The van der Waals surface area contributed by atoms with Crippen molar-refractivity contribution in [3.63, 3.8) is 0 Å². The van der Waals surface area contributed by atoms with Crippen molar-refractivity contribution in [2.24, 2.45) is 12.0 Å². The van der Waals surface area contributed by atoms with E-state index in [0.717, 1.165) is 22.2 Å². The zero-order chi connectivity index (χ0) is 14.5. The number of aromatic nitrogens is 3. The summed E-state index contributed by atoms with van der Waals surface area (Å²) in [5.74, 6) is 0.763. The van der Waals surface area contributed by atoms with E-state index in [0.29, 0.717) is 13.1 Å². The molecule has 6 nitrogen and oxygen atoms in total. The standard InChI is InChI=1S/C13H20N6S.HI/c1-9-10(2)20-12(18-9)7-16-13(14-3)15-5-11-6-17-19(4)8-11;/h6,8H,5,7H2,1-4H3,(H2,14,15,16);1H. The minimum atomic E-state index is 0. The molecule has 0 aliphatic carbocycles. The van der Waals surface area contributed by atoms with Crippen LogP contribution in [0.1, 0.15) is 21.1 Å². The van der Waals surface area contributed by atoms with E-state index in [-0.39, 0.29) is 24.0 Å². The largest absolute Gasteiger partial charge is 0.352 e. The summed E-state index contributed by atoms with van der Waals surface area (Å²) in [6.07, 6.45) is 3.82. The molecule has 0 aliphatic heterocycles. The number of halogens is 1. The number of nitrogens with zero attached hydrogens (tertiary/aromatic N) is 4. The fourth-order valence-corrected chi connectivity index (χ4v) is 2.62. The van der Waals surface area contributed by atoms with Crippen molar-refractivity contribution in [3.05, 3.63) is 33.5 Å². The molecule has 2 rings (SSSR count). The highest BCUT2D eigenvalue weighted by Gasteiger charge is 2.05. The molecule has 2 N–H and O–H groups in total. The van der Waals surface area contributed by atoms with E-state index in [2.05, 4.69) is 32.6 Å². The van der Waals surface area contributed by atoms with Crippen LogP contribution in [0.2, 0.25) is 0 Å². The van der Waals surface area contributed by atoms with Gasteiger partial charge in [0.25, 0.3) is 0 Å². The molecule has 0 saturated heterocycles. The Morgan fingerprint density at radius 3 is 2.57 bits per heavy atom. The fourth-order valence-electron chi connectivity index (χ4n) is 1.74. The number of rotatable bonds is 4. The molecule has 0 aromatic carbocycles. The lowest BCUT2D eigenvalue weighted by Crippen LogP contribution is -2.36. The van der Waals surface area contributed by atoms with Crippen molar-refractivity contribution in [1.82, 2.24) is 25.4 Å². The quantitative estimate of drug-likeness (QED) is 0.451. The predicted molar refractivity (Wildman–Crippen MR) is 97.2 cm³/mol. The second-order valence-electron chi connectivity index (χ2n) is 4.55. The molecule has 0 saturated carbocycles. The van der Waals surface area contributed by atoms with Crippen LogP contribution in [0.15, 0.2) is 17.4 Å². The first kappa shape index (κ1) is 17.9. The first-order valence-corrected chi connectivity index (χ1v) is 7.25. The molecule has 0 spiro atoms.